The number of benzene rings is 1. The van der Waals surface area contributed by atoms with Crippen LogP contribution in [0.25, 0.3) is 5.69 Å². The maximum absolute atomic E-state index is 4.39. The van der Waals surface area contributed by atoms with Crippen molar-refractivity contribution in [3.63, 3.8) is 0 Å². The van der Waals surface area contributed by atoms with Crippen molar-refractivity contribution in [1.29, 1.82) is 0 Å². The molecule has 17 heavy (non-hydrogen) atoms. The van der Waals surface area contributed by atoms with Crippen molar-refractivity contribution < 1.29 is 0 Å². The van der Waals surface area contributed by atoms with E-state index in [1.165, 1.54) is 11.1 Å². The highest BCUT2D eigenvalue weighted by atomic mass is 79.9. The van der Waals surface area contributed by atoms with Crippen LogP contribution in [0.4, 0.5) is 0 Å². The molecule has 1 heterocycles. The lowest BCUT2D eigenvalue weighted by molar-refractivity contribution is 0.726. The van der Waals surface area contributed by atoms with Crippen molar-refractivity contribution in [3.05, 3.63) is 46.2 Å². The van der Waals surface area contributed by atoms with Gasteiger partial charge in [-0.3, -0.25) is 0 Å². The first-order valence-electron chi connectivity index (χ1n) is 5.71. The second-order valence-electron chi connectivity index (χ2n) is 4.00. The number of halogens is 1. The number of aromatic nitrogens is 2. The number of hydrogen-bond acceptors (Lipinski definition) is 2. The molecule has 1 aromatic carbocycles. The Morgan fingerprint density at radius 3 is 2.94 bits per heavy atom. The lowest BCUT2D eigenvalue weighted by atomic mass is 10.2. The van der Waals surface area contributed by atoms with Gasteiger partial charge in [0, 0.05) is 22.8 Å². The van der Waals surface area contributed by atoms with E-state index in [-0.39, 0.29) is 0 Å². The smallest absolute Gasteiger partial charge is 0.0675 e. The van der Waals surface area contributed by atoms with Crippen molar-refractivity contribution in [2.45, 2.75) is 20.4 Å². The van der Waals surface area contributed by atoms with Gasteiger partial charge in [0.05, 0.1) is 11.9 Å². The van der Waals surface area contributed by atoms with E-state index in [1.807, 2.05) is 16.9 Å². The molecule has 0 saturated heterocycles. The molecule has 4 heteroatoms. The van der Waals surface area contributed by atoms with Gasteiger partial charge in [0.2, 0.25) is 0 Å². The molecule has 90 valence electrons. The van der Waals surface area contributed by atoms with Crippen LogP contribution in [0.5, 0.6) is 0 Å². The average molecular weight is 294 g/mol. The van der Waals surface area contributed by atoms with Crippen LogP contribution in [0.2, 0.25) is 0 Å². The minimum atomic E-state index is 0.867. The van der Waals surface area contributed by atoms with Gasteiger partial charge >= 0.3 is 0 Å². The Labute approximate surface area is 110 Å². The maximum Gasteiger partial charge on any atom is 0.0675 e. The summed E-state index contributed by atoms with van der Waals surface area (Å²) in [7, 11) is 0. The van der Waals surface area contributed by atoms with Crippen molar-refractivity contribution in [1.82, 2.24) is 15.1 Å². The normalized spacial score (nSPS) is 10.8. The fourth-order valence-electron chi connectivity index (χ4n) is 1.73. The summed E-state index contributed by atoms with van der Waals surface area (Å²) >= 11 is 3.47. The number of hydrogen-bond donors (Lipinski definition) is 1. The third-order valence-corrected chi connectivity index (χ3v) is 3.11. The molecule has 0 aliphatic rings. The molecular weight excluding hydrogens is 278 g/mol. The zero-order chi connectivity index (χ0) is 12.3. The van der Waals surface area contributed by atoms with E-state index in [1.54, 1.807) is 0 Å². The van der Waals surface area contributed by atoms with Gasteiger partial charge in [0.1, 0.15) is 0 Å². The first-order valence-corrected chi connectivity index (χ1v) is 6.51. The van der Waals surface area contributed by atoms with E-state index in [4.69, 9.17) is 0 Å². The largest absolute Gasteiger partial charge is 0.313 e. The zero-order valence-corrected chi connectivity index (χ0v) is 11.7. The lowest BCUT2D eigenvalue weighted by Crippen LogP contribution is -2.10. The van der Waals surface area contributed by atoms with Crippen LogP contribution in [0, 0.1) is 6.92 Å². The van der Waals surface area contributed by atoms with Gasteiger partial charge in [-0.2, -0.15) is 5.10 Å². The minimum Gasteiger partial charge on any atom is -0.313 e. The van der Waals surface area contributed by atoms with E-state index >= 15 is 0 Å². The van der Waals surface area contributed by atoms with Crippen LogP contribution in [0.1, 0.15) is 18.1 Å². The summed E-state index contributed by atoms with van der Waals surface area (Å²) in [5, 5.41) is 7.68. The Morgan fingerprint density at radius 2 is 2.24 bits per heavy atom. The van der Waals surface area contributed by atoms with Crippen LogP contribution in [-0.4, -0.2) is 16.3 Å². The summed E-state index contributed by atoms with van der Waals surface area (Å²) in [5.41, 5.74) is 3.53. The highest BCUT2D eigenvalue weighted by Gasteiger charge is 2.04. The van der Waals surface area contributed by atoms with E-state index in [0.717, 1.165) is 23.2 Å². The summed E-state index contributed by atoms with van der Waals surface area (Å²) < 4.78 is 3.02. The molecule has 2 aromatic rings. The van der Waals surface area contributed by atoms with E-state index in [0.29, 0.717) is 0 Å². The molecule has 0 amide bonds. The van der Waals surface area contributed by atoms with Crippen LogP contribution in [0.15, 0.2) is 35.1 Å². The van der Waals surface area contributed by atoms with Gasteiger partial charge in [0.25, 0.3) is 0 Å². The number of aryl methyl sites for hydroxylation is 1. The third-order valence-electron chi connectivity index (χ3n) is 2.62. The number of nitrogens with zero attached hydrogens (tertiary/aromatic N) is 2. The summed E-state index contributed by atoms with van der Waals surface area (Å²) in [4.78, 5) is 0. The summed E-state index contributed by atoms with van der Waals surface area (Å²) in [6, 6.07) is 6.21. The summed E-state index contributed by atoms with van der Waals surface area (Å²) in [6.45, 7) is 6.03. The van der Waals surface area contributed by atoms with Crippen molar-refractivity contribution in [2.75, 3.05) is 6.54 Å². The number of rotatable bonds is 4. The van der Waals surface area contributed by atoms with Crippen LogP contribution >= 0.6 is 15.9 Å². The van der Waals surface area contributed by atoms with Crippen molar-refractivity contribution in [3.8, 4) is 5.69 Å². The monoisotopic (exact) mass is 293 g/mol. The standard InChI is InChI=1S/C13H16BrN3/c1-3-15-7-11-8-16-17(9-11)13-5-4-12(14)6-10(13)2/h4-6,8-9,15H,3,7H2,1-2H3. The highest BCUT2D eigenvalue weighted by molar-refractivity contribution is 9.10. The fraction of sp³-hybridized carbons (Fsp3) is 0.308. The molecule has 0 aliphatic carbocycles. The molecule has 2 rings (SSSR count). The SMILES string of the molecule is CCNCc1cnn(-c2ccc(Br)cc2C)c1. The van der Waals surface area contributed by atoms with Crippen LogP contribution in [0.3, 0.4) is 0 Å². The highest BCUT2D eigenvalue weighted by Crippen LogP contribution is 2.19. The molecule has 0 saturated carbocycles. The summed E-state index contributed by atoms with van der Waals surface area (Å²) in [6.07, 6.45) is 3.98. The molecule has 1 N–H and O–H groups in total. The van der Waals surface area contributed by atoms with Gasteiger partial charge in [-0.15, -0.1) is 0 Å². The molecule has 3 nitrogen and oxygen atoms in total. The van der Waals surface area contributed by atoms with Gasteiger partial charge in [-0.05, 0) is 37.2 Å². The molecule has 0 aliphatic heterocycles. The van der Waals surface area contributed by atoms with Crippen molar-refractivity contribution in [2.24, 2.45) is 0 Å². The first kappa shape index (κ1) is 12.3. The van der Waals surface area contributed by atoms with Crippen molar-refractivity contribution >= 4 is 15.9 Å². The van der Waals surface area contributed by atoms with E-state index in [2.05, 4.69) is 58.5 Å². The Balaban J connectivity index is 2.24. The predicted molar refractivity (Wildman–Crippen MR) is 73.4 cm³/mol. The second-order valence-corrected chi connectivity index (χ2v) is 4.92. The first-order chi connectivity index (χ1) is 8.20. The van der Waals surface area contributed by atoms with E-state index < -0.39 is 0 Å². The quantitative estimate of drug-likeness (QED) is 0.939. The molecular formula is C13H16BrN3. The van der Waals surface area contributed by atoms with Crippen LogP contribution in [-0.2, 0) is 6.54 Å². The second kappa shape index (κ2) is 5.47. The summed E-state index contributed by atoms with van der Waals surface area (Å²) in [5.74, 6) is 0. The Morgan fingerprint density at radius 1 is 1.41 bits per heavy atom. The zero-order valence-electron chi connectivity index (χ0n) is 10.1. The van der Waals surface area contributed by atoms with E-state index in [9.17, 15) is 0 Å². The fourth-order valence-corrected chi connectivity index (χ4v) is 2.20. The Hall–Kier alpha value is -1.13. The molecule has 1 aromatic heterocycles. The topological polar surface area (TPSA) is 29.9 Å². The maximum atomic E-state index is 4.39. The number of nitrogens with one attached hydrogen (secondary N) is 1. The van der Waals surface area contributed by atoms with Gasteiger partial charge < -0.3 is 5.32 Å². The predicted octanol–water partition coefficient (Wildman–Crippen LogP) is 3.05. The minimum absolute atomic E-state index is 0.867. The average Bonchev–Trinajstić information content (AvgIpc) is 2.75. The molecule has 0 bridgehead atoms. The molecule has 0 radical (unpaired) electrons. The molecule has 0 spiro atoms. The van der Waals surface area contributed by atoms with Gasteiger partial charge in [-0.25, -0.2) is 4.68 Å². The van der Waals surface area contributed by atoms with Gasteiger partial charge in [0.15, 0.2) is 0 Å². The molecule has 0 fully saturated rings. The molecule has 0 unspecified atom stereocenters. The molecule has 0 atom stereocenters. The van der Waals surface area contributed by atoms with Gasteiger partial charge in [-0.1, -0.05) is 22.9 Å². The Kier molecular flexibility index (Phi) is 3.97. The third kappa shape index (κ3) is 2.96. The lowest BCUT2D eigenvalue weighted by Gasteiger charge is -2.05. The Bertz CT molecular complexity index is 505. The van der Waals surface area contributed by atoms with Crippen LogP contribution < -0.4 is 5.32 Å².